The van der Waals surface area contributed by atoms with E-state index in [4.69, 9.17) is 4.43 Å². The quantitative estimate of drug-likeness (QED) is 0.542. The third-order valence-corrected chi connectivity index (χ3v) is 10.3. The normalized spacial score (nSPS) is 31.2. The number of hydrogen-bond acceptors (Lipinski definition) is 2. The van der Waals surface area contributed by atoms with Crippen molar-refractivity contribution in [3.05, 3.63) is 12.2 Å². The van der Waals surface area contributed by atoms with E-state index in [1.165, 1.54) is 6.42 Å². The molecule has 1 aliphatic rings. The first kappa shape index (κ1) is 19.9. The maximum atomic E-state index is 11.1. The first-order valence-corrected chi connectivity index (χ1v) is 11.8. The summed E-state index contributed by atoms with van der Waals surface area (Å²) in [6, 6.07) is 0. The van der Waals surface area contributed by atoms with Gasteiger partial charge in [-0.25, -0.2) is 0 Å². The summed E-state index contributed by atoms with van der Waals surface area (Å²) in [5, 5.41) is 11.4. The van der Waals surface area contributed by atoms with Crippen molar-refractivity contribution < 1.29 is 9.53 Å². The van der Waals surface area contributed by atoms with E-state index in [0.717, 1.165) is 12.8 Å². The zero-order valence-corrected chi connectivity index (χ0v) is 17.1. The van der Waals surface area contributed by atoms with Gasteiger partial charge in [-0.15, -0.1) is 0 Å². The maximum Gasteiger partial charge on any atom is 0.192 e. The number of hydrogen-bond donors (Lipinski definition) is 1. The summed E-state index contributed by atoms with van der Waals surface area (Å²) in [6.45, 7) is 18.7. The molecule has 1 saturated carbocycles. The zero-order valence-electron chi connectivity index (χ0n) is 16.1. The van der Waals surface area contributed by atoms with Gasteiger partial charge in [0.05, 0.1) is 12.2 Å². The van der Waals surface area contributed by atoms with Crippen molar-refractivity contribution in [3.63, 3.8) is 0 Å². The van der Waals surface area contributed by atoms with E-state index in [2.05, 4.69) is 60.7 Å². The Balaban J connectivity index is 2.70. The summed E-state index contributed by atoms with van der Waals surface area (Å²) in [5.74, 6) is 1.49. The van der Waals surface area contributed by atoms with Crippen LogP contribution in [-0.4, -0.2) is 25.6 Å². The minimum Gasteiger partial charge on any atom is -0.413 e. The minimum atomic E-state index is -1.70. The van der Waals surface area contributed by atoms with Crippen LogP contribution in [0.3, 0.4) is 0 Å². The molecule has 0 bridgehead atoms. The second-order valence-electron chi connectivity index (χ2n) is 9.20. The molecule has 1 N–H and O–H groups in total. The van der Waals surface area contributed by atoms with E-state index in [-0.39, 0.29) is 5.04 Å². The van der Waals surface area contributed by atoms with E-state index in [1.807, 2.05) is 6.08 Å². The van der Waals surface area contributed by atoms with Crippen molar-refractivity contribution in [3.8, 4) is 0 Å². The predicted molar refractivity (Wildman–Crippen MR) is 98.6 cm³/mol. The van der Waals surface area contributed by atoms with E-state index < -0.39 is 13.9 Å². The standard InChI is InChI=1S/C19H38O2Si/c1-15(2)17-11-10-16(3)14-19(17,20)12-9-13-21-22(7,8)18(4,5)6/h9,12,15-17,20H,10-11,13-14H2,1-8H3/b12-9-/t16-,17+,19+/m1/s1. The van der Waals surface area contributed by atoms with Gasteiger partial charge in [0.25, 0.3) is 0 Å². The number of rotatable bonds is 5. The van der Waals surface area contributed by atoms with Crippen LogP contribution in [0.5, 0.6) is 0 Å². The molecule has 1 aliphatic carbocycles. The van der Waals surface area contributed by atoms with Crippen molar-refractivity contribution in [1.82, 2.24) is 0 Å². The molecule has 130 valence electrons. The van der Waals surface area contributed by atoms with Crippen LogP contribution in [-0.2, 0) is 4.43 Å². The molecule has 22 heavy (non-hydrogen) atoms. The highest BCUT2D eigenvalue weighted by molar-refractivity contribution is 6.74. The maximum absolute atomic E-state index is 11.1. The highest BCUT2D eigenvalue weighted by atomic mass is 28.4. The Morgan fingerprint density at radius 3 is 2.36 bits per heavy atom. The Morgan fingerprint density at radius 1 is 1.27 bits per heavy atom. The van der Waals surface area contributed by atoms with Crippen LogP contribution in [0.25, 0.3) is 0 Å². The fourth-order valence-electron chi connectivity index (χ4n) is 3.35. The van der Waals surface area contributed by atoms with Crippen LogP contribution in [0.15, 0.2) is 12.2 Å². The van der Waals surface area contributed by atoms with Crippen LogP contribution < -0.4 is 0 Å². The molecule has 0 amide bonds. The van der Waals surface area contributed by atoms with Crippen molar-refractivity contribution in [2.75, 3.05) is 6.61 Å². The third kappa shape index (κ3) is 4.94. The lowest BCUT2D eigenvalue weighted by molar-refractivity contribution is -0.0410. The third-order valence-electron chi connectivity index (χ3n) is 5.85. The largest absolute Gasteiger partial charge is 0.413 e. The molecule has 0 aromatic carbocycles. The van der Waals surface area contributed by atoms with Crippen LogP contribution in [0.2, 0.25) is 18.1 Å². The molecular formula is C19H38O2Si. The van der Waals surface area contributed by atoms with E-state index in [1.54, 1.807) is 0 Å². The molecule has 1 rings (SSSR count). The summed E-state index contributed by atoms with van der Waals surface area (Å²) in [6.07, 6.45) is 7.35. The minimum absolute atomic E-state index is 0.234. The fraction of sp³-hybridized carbons (Fsp3) is 0.895. The van der Waals surface area contributed by atoms with Crippen LogP contribution in [0.4, 0.5) is 0 Å². The van der Waals surface area contributed by atoms with E-state index in [0.29, 0.717) is 24.4 Å². The highest BCUT2D eigenvalue weighted by Crippen LogP contribution is 2.42. The molecule has 0 heterocycles. The molecule has 3 atom stereocenters. The lowest BCUT2D eigenvalue weighted by atomic mass is 9.67. The molecule has 0 saturated heterocycles. The van der Waals surface area contributed by atoms with E-state index in [9.17, 15) is 5.11 Å². The molecule has 3 heteroatoms. The summed E-state index contributed by atoms with van der Waals surface area (Å²) in [5.41, 5.74) is -0.650. The van der Waals surface area contributed by atoms with Gasteiger partial charge < -0.3 is 9.53 Å². The summed E-state index contributed by atoms with van der Waals surface area (Å²) in [4.78, 5) is 0. The first-order chi connectivity index (χ1) is 9.89. The Morgan fingerprint density at radius 2 is 1.86 bits per heavy atom. The van der Waals surface area contributed by atoms with Gasteiger partial charge in [-0.05, 0) is 48.7 Å². The Bertz CT molecular complexity index is 381. The van der Waals surface area contributed by atoms with Gasteiger partial charge in [-0.2, -0.15) is 0 Å². The molecule has 0 unspecified atom stereocenters. The predicted octanol–water partition coefficient (Wildman–Crippen LogP) is 5.39. The Hall–Kier alpha value is -0.123. The summed E-state index contributed by atoms with van der Waals surface area (Å²) in [7, 11) is -1.70. The first-order valence-electron chi connectivity index (χ1n) is 8.93. The lowest BCUT2D eigenvalue weighted by Crippen LogP contribution is -2.44. The molecule has 0 aliphatic heterocycles. The van der Waals surface area contributed by atoms with Gasteiger partial charge in [0.2, 0.25) is 0 Å². The van der Waals surface area contributed by atoms with Crippen molar-refractivity contribution >= 4 is 8.32 Å². The average molecular weight is 327 g/mol. The topological polar surface area (TPSA) is 29.5 Å². The monoisotopic (exact) mass is 326 g/mol. The second-order valence-corrected chi connectivity index (χ2v) is 14.0. The van der Waals surface area contributed by atoms with Gasteiger partial charge in [0.1, 0.15) is 0 Å². The molecular weight excluding hydrogens is 288 g/mol. The van der Waals surface area contributed by atoms with Crippen LogP contribution >= 0.6 is 0 Å². The van der Waals surface area contributed by atoms with Gasteiger partial charge in [0.15, 0.2) is 8.32 Å². The average Bonchev–Trinajstić information content (AvgIpc) is 2.32. The van der Waals surface area contributed by atoms with Crippen LogP contribution in [0, 0.1) is 17.8 Å². The van der Waals surface area contributed by atoms with Crippen LogP contribution in [0.1, 0.15) is 60.8 Å². The molecule has 0 aromatic rings. The molecule has 1 fully saturated rings. The lowest BCUT2D eigenvalue weighted by Gasteiger charge is -2.43. The molecule has 0 aromatic heterocycles. The molecule has 0 radical (unpaired) electrons. The fourth-order valence-corrected chi connectivity index (χ4v) is 4.30. The molecule has 0 spiro atoms. The highest BCUT2D eigenvalue weighted by Gasteiger charge is 2.41. The number of aliphatic hydroxyl groups is 1. The summed E-state index contributed by atoms with van der Waals surface area (Å²) < 4.78 is 6.19. The van der Waals surface area contributed by atoms with Crippen molar-refractivity contribution in [2.24, 2.45) is 17.8 Å². The summed E-state index contributed by atoms with van der Waals surface area (Å²) >= 11 is 0. The second kappa shape index (κ2) is 7.19. The van der Waals surface area contributed by atoms with Gasteiger partial charge >= 0.3 is 0 Å². The molecule has 2 nitrogen and oxygen atoms in total. The smallest absolute Gasteiger partial charge is 0.192 e. The van der Waals surface area contributed by atoms with E-state index >= 15 is 0 Å². The van der Waals surface area contributed by atoms with Gasteiger partial charge in [-0.1, -0.05) is 60.1 Å². The van der Waals surface area contributed by atoms with Gasteiger partial charge in [0, 0.05) is 0 Å². The van der Waals surface area contributed by atoms with Gasteiger partial charge in [-0.3, -0.25) is 0 Å². The Labute approximate surface area is 139 Å². The Kier molecular flexibility index (Phi) is 6.51. The zero-order chi connectivity index (χ0) is 17.2. The van der Waals surface area contributed by atoms with Crippen molar-refractivity contribution in [1.29, 1.82) is 0 Å². The SMILES string of the molecule is CC(C)[C@@H]1CC[C@@H](C)C[C@@]1(O)/C=C\CO[Si](C)(C)C(C)(C)C. The van der Waals surface area contributed by atoms with Crippen molar-refractivity contribution in [2.45, 2.75) is 84.5 Å².